The summed E-state index contributed by atoms with van der Waals surface area (Å²) in [6.45, 7) is 3.52. The monoisotopic (exact) mass is 490 g/mol. The molecule has 5 rings (SSSR count). The van der Waals surface area contributed by atoms with Crippen molar-refractivity contribution in [2.24, 2.45) is 0 Å². The molecule has 1 unspecified atom stereocenters. The van der Waals surface area contributed by atoms with Gasteiger partial charge in [0.1, 0.15) is 15.8 Å². The molecule has 32 heavy (non-hydrogen) atoms. The second-order valence-electron chi connectivity index (χ2n) is 8.34. The summed E-state index contributed by atoms with van der Waals surface area (Å²) in [7, 11) is -3.16. The van der Waals surface area contributed by atoms with Gasteiger partial charge < -0.3 is 4.90 Å². The number of thiocarbonyl (C=S) groups is 1. The van der Waals surface area contributed by atoms with Crippen molar-refractivity contribution in [3.8, 4) is 0 Å². The molecule has 11 heteroatoms. The highest BCUT2D eigenvalue weighted by atomic mass is 32.2. The number of carbonyl (C=O) groups excluding carboxylic acids is 1. The van der Waals surface area contributed by atoms with E-state index < -0.39 is 15.9 Å². The first-order chi connectivity index (χ1) is 15.2. The van der Waals surface area contributed by atoms with Gasteiger partial charge in [0.05, 0.1) is 28.0 Å². The molecule has 3 aliphatic heterocycles. The molecule has 0 aliphatic carbocycles. The van der Waals surface area contributed by atoms with Crippen LogP contribution in [0.1, 0.15) is 30.4 Å². The highest BCUT2D eigenvalue weighted by Gasteiger charge is 2.42. The molecule has 0 saturated carbocycles. The standard InChI is InChI=1S/C21H22N4O4S3/c1-13-5-4-9-24-17(13)22-18(23-7-2-3-8-23)15(19(24)26)11-16-20(27)25(21(30)31-16)14-6-10-32(28,29)12-14/h4-5,9,11,14H,2-3,6-8,10,12H2,1H3. The summed E-state index contributed by atoms with van der Waals surface area (Å²) in [6.07, 6.45) is 5.68. The highest BCUT2D eigenvalue weighted by Crippen LogP contribution is 2.37. The molecule has 2 aromatic heterocycles. The molecular weight excluding hydrogens is 468 g/mol. The number of fused-ring (bicyclic) bond motifs is 1. The maximum atomic E-state index is 13.5. The predicted octanol–water partition coefficient (Wildman–Crippen LogP) is 1.99. The number of hydrogen-bond acceptors (Lipinski definition) is 8. The fourth-order valence-corrected chi connectivity index (χ4v) is 7.58. The largest absolute Gasteiger partial charge is 0.356 e. The summed E-state index contributed by atoms with van der Waals surface area (Å²) in [4.78, 5) is 35.3. The Hall–Kier alpha value is -2.24. The Kier molecular flexibility index (Phi) is 5.37. The fraction of sp³-hybridized carbons (Fsp3) is 0.429. The van der Waals surface area contributed by atoms with Crippen molar-refractivity contribution >= 4 is 61.6 Å². The van der Waals surface area contributed by atoms with Gasteiger partial charge in [-0.1, -0.05) is 30.0 Å². The number of sulfone groups is 1. The first-order valence-electron chi connectivity index (χ1n) is 10.5. The van der Waals surface area contributed by atoms with Crippen molar-refractivity contribution in [2.75, 3.05) is 29.5 Å². The van der Waals surface area contributed by atoms with E-state index in [1.165, 1.54) is 9.30 Å². The van der Waals surface area contributed by atoms with E-state index in [0.717, 1.165) is 43.3 Å². The molecule has 168 valence electrons. The van der Waals surface area contributed by atoms with Crippen LogP contribution in [-0.4, -0.2) is 63.6 Å². The summed E-state index contributed by atoms with van der Waals surface area (Å²) in [6, 6.07) is 3.26. The summed E-state index contributed by atoms with van der Waals surface area (Å²) >= 11 is 6.52. The van der Waals surface area contributed by atoms with Gasteiger partial charge in [0.25, 0.3) is 11.5 Å². The number of thioether (sulfide) groups is 1. The van der Waals surface area contributed by atoms with Crippen LogP contribution in [0.4, 0.5) is 5.82 Å². The van der Waals surface area contributed by atoms with Gasteiger partial charge >= 0.3 is 0 Å². The van der Waals surface area contributed by atoms with Crippen LogP contribution >= 0.6 is 24.0 Å². The van der Waals surface area contributed by atoms with Crippen molar-refractivity contribution in [1.29, 1.82) is 0 Å². The lowest BCUT2D eigenvalue weighted by Crippen LogP contribution is -2.39. The quantitative estimate of drug-likeness (QED) is 0.477. The summed E-state index contributed by atoms with van der Waals surface area (Å²) in [5.74, 6) is 0.214. The van der Waals surface area contributed by atoms with Crippen LogP contribution in [0.5, 0.6) is 0 Å². The number of carbonyl (C=O) groups is 1. The first kappa shape index (κ1) is 21.6. The minimum atomic E-state index is -3.16. The Balaban J connectivity index is 1.61. The van der Waals surface area contributed by atoms with Gasteiger partial charge in [-0.3, -0.25) is 18.9 Å². The molecule has 1 amide bonds. The second kappa shape index (κ2) is 7.96. The molecule has 0 radical (unpaired) electrons. The molecular formula is C21H22N4O4S3. The number of nitrogens with zero attached hydrogens (tertiary/aromatic N) is 4. The molecule has 3 aliphatic rings. The van der Waals surface area contributed by atoms with Crippen molar-refractivity contribution in [1.82, 2.24) is 14.3 Å². The molecule has 5 heterocycles. The molecule has 8 nitrogen and oxygen atoms in total. The number of aryl methyl sites for hydroxylation is 1. The normalized spacial score (nSPS) is 24.4. The minimum absolute atomic E-state index is 0.0577. The number of amides is 1. The van der Waals surface area contributed by atoms with Crippen molar-refractivity contribution in [2.45, 2.75) is 32.2 Å². The van der Waals surface area contributed by atoms with E-state index in [2.05, 4.69) is 4.90 Å². The van der Waals surface area contributed by atoms with E-state index in [1.54, 1.807) is 18.3 Å². The molecule has 2 aromatic rings. The molecule has 1 atom stereocenters. The molecule has 0 bridgehead atoms. The first-order valence-corrected chi connectivity index (χ1v) is 13.5. The molecule has 0 aromatic carbocycles. The molecule has 0 N–H and O–H groups in total. The van der Waals surface area contributed by atoms with E-state index in [0.29, 0.717) is 32.7 Å². The fourth-order valence-electron chi connectivity index (χ4n) is 4.50. The third kappa shape index (κ3) is 3.65. The summed E-state index contributed by atoms with van der Waals surface area (Å²) < 4.78 is 25.7. The van der Waals surface area contributed by atoms with Gasteiger partial charge in [-0.2, -0.15) is 0 Å². The van der Waals surface area contributed by atoms with Gasteiger partial charge in [0.2, 0.25) is 0 Å². The summed E-state index contributed by atoms with van der Waals surface area (Å²) in [5, 5.41) is 0. The van der Waals surface area contributed by atoms with Gasteiger partial charge in [-0.05, 0) is 43.9 Å². The maximum absolute atomic E-state index is 13.5. The Morgan fingerprint density at radius 3 is 2.69 bits per heavy atom. The van der Waals surface area contributed by atoms with Crippen molar-refractivity contribution < 1.29 is 13.2 Å². The number of rotatable bonds is 3. The number of hydrogen-bond donors (Lipinski definition) is 0. The number of anilines is 1. The van der Waals surface area contributed by atoms with E-state index in [4.69, 9.17) is 17.2 Å². The zero-order valence-corrected chi connectivity index (χ0v) is 19.9. The van der Waals surface area contributed by atoms with Crippen LogP contribution in [0.3, 0.4) is 0 Å². The van der Waals surface area contributed by atoms with Gasteiger partial charge in [0.15, 0.2) is 9.84 Å². The van der Waals surface area contributed by atoms with Gasteiger partial charge in [-0.15, -0.1) is 0 Å². The van der Waals surface area contributed by atoms with Crippen LogP contribution < -0.4 is 10.5 Å². The SMILES string of the molecule is Cc1cccn2c(=O)c(C=C3SC(=S)N(C4CCS(=O)(=O)C4)C3=O)c(N3CCCC3)nc12. The van der Waals surface area contributed by atoms with Crippen LogP contribution in [0, 0.1) is 6.92 Å². The topological polar surface area (TPSA) is 92.1 Å². The van der Waals surface area contributed by atoms with Crippen molar-refractivity contribution in [3.63, 3.8) is 0 Å². The van der Waals surface area contributed by atoms with E-state index in [1.807, 2.05) is 13.0 Å². The Bertz CT molecular complexity index is 1340. The maximum Gasteiger partial charge on any atom is 0.267 e. The molecule has 3 saturated heterocycles. The Labute approximate surface area is 195 Å². The smallest absolute Gasteiger partial charge is 0.267 e. The minimum Gasteiger partial charge on any atom is -0.356 e. The van der Waals surface area contributed by atoms with Crippen molar-refractivity contribution in [3.05, 3.63) is 44.7 Å². The van der Waals surface area contributed by atoms with Crippen LogP contribution in [-0.2, 0) is 14.6 Å². The zero-order chi connectivity index (χ0) is 22.6. The van der Waals surface area contributed by atoms with Gasteiger partial charge in [-0.25, -0.2) is 13.4 Å². The van der Waals surface area contributed by atoms with Crippen LogP contribution in [0.2, 0.25) is 0 Å². The van der Waals surface area contributed by atoms with Crippen LogP contribution in [0.25, 0.3) is 11.7 Å². The third-order valence-electron chi connectivity index (χ3n) is 6.14. The second-order valence-corrected chi connectivity index (χ2v) is 12.2. The lowest BCUT2D eigenvalue weighted by molar-refractivity contribution is -0.123. The lowest BCUT2D eigenvalue weighted by atomic mass is 10.2. The Morgan fingerprint density at radius 1 is 1.25 bits per heavy atom. The van der Waals surface area contributed by atoms with Crippen LogP contribution in [0.15, 0.2) is 28.0 Å². The van der Waals surface area contributed by atoms with E-state index in [-0.39, 0.29) is 23.0 Å². The van der Waals surface area contributed by atoms with E-state index >= 15 is 0 Å². The zero-order valence-electron chi connectivity index (χ0n) is 17.5. The predicted molar refractivity (Wildman–Crippen MR) is 130 cm³/mol. The van der Waals surface area contributed by atoms with E-state index in [9.17, 15) is 18.0 Å². The molecule has 3 fully saturated rings. The lowest BCUT2D eigenvalue weighted by Gasteiger charge is -2.21. The average molecular weight is 491 g/mol. The summed E-state index contributed by atoms with van der Waals surface area (Å²) in [5.41, 5.74) is 1.61. The molecule has 0 spiro atoms. The van der Waals surface area contributed by atoms with Gasteiger partial charge in [0, 0.05) is 19.3 Å². The number of aromatic nitrogens is 2. The third-order valence-corrected chi connectivity index (χ3v) is 9.22. The highest BCUT2D eigenvalue weighted by molar-refractivity contribution is 8.26. The average Bonchev–Trinajstić information content (AvgIpc) is 3.45. The number of pyridine rings is 1. The Morgan fingerprint density at radius 2 is 2.00 bits per heavy atom.